The Labute approximate surface area is 79.8 Å². The summed E-state index contributed by atoms with van der Waals surface area (Å²) in [5, 5.41) is 32.9. The highest BCUT2D eigenvalue weighted by molar-refractivity contribution is 4.40. The number of aliphatic hydroxyl groups is 4. The van der Waals surface area contributed by atoms with E-state index in [0.717, 1.165) is 19.3 Å². The van der Waals surface area contributed by atoms with Gasteiger partial charge in [-0.2, -0.15) is 0 Å². The summed E-state index contributed by atoms with van der Waals surface area (Å²) in [5.41, 5.74) is 0. The van der Waals surface area contributed by atoms with Gasteiger partial charge in [-0.1, -0.05) is 0 Å². The molecule has 0 aliphatic rings. The van der Waals surface area contributed by atoms with Crippen molar-refractivity contribution in [2.75, 3.05) is 19.8 Å². The van der Waals surface area contributed by atoms with Crippen LogP contribution in [0.25, 0.3) is 0 Å². The SMILES string of the molecule is CC(O)CCO.OCCCCCO. The molecule has 0 aliphatic carbocycles. The van der Waals surface area contributed by atoms with E-state index in [1.807, 2.05) is 0 Å². The highest BCUT2D eigenvalue weighted by Crippen LogP contribution is 1.90. The molecule has 0 fully saturated rings. The summed E-state index contributed by atoms with van der Waals surface area (Å²) < 4.78 is 0. The lowest BCUT2D eigenvalue weighted by atomic mass is 10.2. The first-order valence-corrected chi connectivity index (χ1v) is 4.69. The Hall–Kier alpha value is -0.160. The number of rotatable bonds is 6. The molecule has 4 nitrogen and oxygen atoms in total. The monoisotopic (exact) mass is 194 g/mol. The van der Waals surface area contributed by atoms with Gasteiger partial charge in [0.05, 0.1) is 6.10 Å². The highest BCUT2D eigenvalue weighted by atomic mass is 16.3. The fraction of sp³-hybridized carbons (Fsp3) is 1.00. The quantitative estimate of drug-likeness (QED) is 0.445. The van der Waals surface area contributed by atoms with Crippen molar-refractivity contribution in [1.82, 2.24) is 0 Å². The van der Waals surface area contributed by atoms with E-state index in [1.165, 1.54) is 0 Å². The van der Waals surface area contributed by atoms with Crippen molar-refractivity contribution in [3.63, 3.8) is 0 Å². The molecule has 0 saturated carbocycles. The Morgan fingerprint density at radius 2 is 1.31 bits per heavy atom. The standard InChI is InChI=1S/C5H12O2.C4H10O2/c6-4-2-1-3-5-7;1-4(6)2-3-5/h6-7H,1-5H2;4-6H,2-3H2,1H3. The van der Waals surface area contributed by atoms with Crippen molar-refractivity contribution < 1.29 is 20.4 Å². The van der Waals surface area contributed by atoms with Crippen molar-refractivity contribution in [1.29, 1.82) is 0 Å². The Morgan fingerprint density at radius 3 is 1.46 bits per heavy atom. The van der Waals surface area contributed by atoms with Crippen LogP contribution in [0.1, 0.15) is 32.6 Å². The molecule has 0 aromatic heterocycles. The minimum atomic E-state index is -0.352. The van der Waals surface area contributed by atoms with Gasteiger partial charge in [0.2, 0.25) is 0 Å². The van der Waals surface area contributed by atoms with Crippen molar-refractivity contribution in [2.45, 2.75) is 38.7 Å². The first-order valence-electron chi connectivity index (χ1n) is 4.69. The number of unbranched alkanes of at least 4 members (excludes halogenated alkanes) is 2. The summed E-state index contributed by atoms with van der Waals surface area (Å²) in [4.78, 5) is 0. The molecule has 1 atom stereocenters. The molecule has 4 N–H and O–H groups in total. The molecular formula is C9H22O4. The lowest BCUT2D eigenvalue weighted by Gasteiger charge is -1.95. The maximum Gasteiger partial charge on any atom is 0.0533 e. The summed E-state index contributed by atoms with van der Waals surface area (Å²) in [5.74, 6) is 0. The molecule has 0 aromatic carbocycles. The fourth-order valence-electron chi connectivity index (χ4n) is 0.587. The second kappa shape index (κ2) is 14.4. The van der Waals surface area contributed by atoms with E-state index in [0.29, 0.717) is 6.42 Å². The summed E-state index contributed by atoms with van der Waals surface area (Å²) in [6, 6.07) is 0. The van der Waals surface area contributed by atoms with Crippen LogP contribution in [0.4, 0.5) is 0 Å². The first kappa shape index (κ1) is 15.3. The smallest absolute Gasteiger partial charge is 0.0533 e. The van der Waals surface area contributed by atoms with Gasteiger partial charge in [-0.15, -0.1) is 0 Å². The Kier molecular flexibility index (Phi) is 16.9. The van der Waals surface area contributed by atoms with Crippen molar-refractivity contribution >= 4 is 0 Å². The Balaban J connectivity index is 0. The Morgan fingerprint density at radius 1 is 0.846 bits per heavy atom. The summed E-state index contributed by atoms with van der Waals surface area (Å²) in [7, 11) is 0. The van der Waals surface area contributed by atoms with Crippen LogP contribution in [0.2, 0.25) is 0 Å². The minimum absolute atomic E-state index is 0.0810. The highest BCUT2D eigenvalue weighted by Gasteiger charge is 1.88. The number of hydrogen-bond acceptors (Lipinski definition) is 4. The van der Waals surface area contributed by atoms with Crippen LogP contribution in [-0.2, 0) is 0 Å². The van der Waals surface area contributed by atoms with Crippen molar-refractivity contribution in [2.24, 2.45) is 0 Å². The third-order valence-corrected chi connectivity index (χ3v) is 1.36. The average molecular weight is 194 g/mol. The van der Waals surface area contributed by atoms with E-state index in [-0.39, 0.29) is 25.9 Å². The van der Waals surface area contributed by atoms with E-state index >= 15 is 0 Å². The van der Waals surface area contributed by atoms with Crippen molar-refractivity contribution in [3.05, 3.63) is 0 Å². The van der Waals surface area contributed by atoms with Crippen LogP contribution < -0.4 is 0 Å². The zero-order valence-corrected chi connectivity index (χ0v) is 8.32. The predicted molar refractivity (Wildman–Crippen MR) is 51.4 cm³/mol. The maximum atomic E-state index is 8.39. The molecule has 0 heterocycles. The first-order chi connectivity index (χ1) is 6.18. The Bertz CT molecular complexity index is 72.0. The van der Waals surface area contributed by atoms with Crippen LogP contribution >= 0.6 is 0 Å². The normalized spacial score (nSPS) is 11.8. The average Bonchev–Trinajstić information content (AvgIpc) is 2.06. The second-order valence-corrected chi connectivity index (χ2v) is 2.87. The zero-order chi connectivity index (χ0) is 10.5. The molecule has 0 aromatic rings. The largest absolute Gasteiger partial charge is 0.396 e. The second-order valence-electron chi connectivity index (χ2n) is 2.87. The summed E-state index contributed by atoms with van der Waals surface area (Å²) in [6.07, 6.45) is 2.71. The van der Waals surface area contributed by atoms with Gasteiger partial charge in [0, 0.05) is 19.8 Å². The van der Waals surface area contributed by atoms with E-state index in [4.69, 9.17) is 20.4 Å². The van der Waals surface area contributed by atoms with Crippen LogP contribution in [-0.4, -0.2) is 46.4 Å². The van der Waals surface area contributed by atoms with E-state index < -0.39 is 0 Å². The molecule has 0 radical (unpaired) electrons. The lowest BCUT2D eigenvalue weighted by molar-refractivity contribution is 0.148. The lowest BCUT2D eigenvalue weighted by Crippen LogP contribution is -2.00. The van der Waals surface area contributed by atoms with Gasteiger partial charge in [-0.3, -0.25) is 0 Å². The van der Waals surface area contributed by atoms with Crippen LogP contribution in [0.3, 0.4) is 0 Å². The van der Waals surface area contributed by atoms with Crippen LogP contribution in [0.15, 0.2) is 0 Å². The molecule has 4 heteroatoms. The van der Waals surface area contributed by atoms with Gasteiger partial charge >= 0.3 is 0 Å². The fourth-order valence-corrected chi connectivity index (χ4v) is 0.587. The third-order valence-electron chi connectivity index (χ3n) is 1.36. The molecule has 0 saturated heterocycles. The molecule has 82 valence electrons. The molecule has 13 heavy (non-hydrogen) atoms. The van der Waals surface area contributed by atoms with Gasteiger partial charge < -0.3 is 20.4 Å². The molecule has 0 spiro atoms. The number of aliphatic hydroxyl groups excluding tert-OH is 4. The third kappa shape index (κ3) is 24.5. The van der Waals surface area contributed by atoms with Crippen molar-refractivity contribution in [3.8, 4) is 0 Å². The van der Waals surface area contributed by atoms with Gasteiger partial charge in [0.15, 0.2) is 0 Å². The van der Waals surface area contributed by atoms with Gasteiger partial charge in [-0.25, -0.2) is 0 Å². The van der Waals surface area contributed by atoms with Crippen LogP contribution in [0, 0.1) is 0 Å². The molecule has 0 aliphatic heterocycles. The van der Waals surface area contributed by atoms with Crippen LogP contribution in [0.5, 0.6) is 0 Å². The maximum absolute atomic E-state index is 8.39. The topological polar surface area (TPSA) is 80.9 Å². The van der Waals surface area contributed by atoms with E-state index in [2.05, 4.69) is 0 Å². The van der Waals surface area contributed by atoms with Gasteiger partial charge in [0.1, 0.15) is 0 Å². The van der Waals surface area contributed by atoms with Gasteiger partial charge in [0.25, 0.3) is 0 Å². The molecule has 0 bridgehead atoms. The summed E-state index contributed by atoms with van der Waals surface area (Å²) >= 11 is 0. The summed E-state index contributed by atoms with van der Waals surface area (Å²) in [6.45, 7) is 2.23. The van der Waals surface area contributed by atoms with E-state index in [9.17, 15) is 0 Å². The molecular weight excluding hydrogens is 172 g/mol. The molecule has 0 amide bonds. The molecule has 1 unspecified atom stereocenters. The minimum Gasteiger partial charge on any atom is -0.396 e. The van der Waals surface area contributed by atoms with Gasteiger partial charge in [-0.05, 0) is 32.6 Å². The zero-order valence-electron chi connectivity index (χ0n) is 8.32. The molecule has 0 rings (SSSR count). The van der Waals surface area contributed by atoms with E-state index in [1.54, 1.807) is 6.92 Å². The number of hydrogen-bond donors (Lipinski definition) is 4. The predicted octanol–water partition coefficient (Wildman–Crippen LogP) is -0.109.